The normalized spacial score (nSPS) is 12.9. The number of benzene rings is 2. The van der Waals surface area contributed by atoms with Crippen LogP contribution in [-0.2, 0) is 16.1 Å². The van der Waals surface area contributed by atoms with Gasteiger partial charge in [0.25, 0.3) is 0 Å². The van der Waals surface area contributed by atoms with Gasteiger partial charge < -0.3 is 24.6 Å². The molecule has 0 saturated heterocycles. The van der Waals surface area contributed by atoms with Crippen molar-refractivity contribution in [3.8, 4) is 5.75 Å². The van der Waals surface area contributed by atoms with Crippen molar-refractivity contribution in [3.63, 3.8) is 0 Å². The van der Waals surface area contributed by atoms with Gasteiger partial charge in [0, 0.05) is 7.11 Å². The molecule has 0 fully saturated rings. The zero-order chi connectivity index (χ0) is 18.1. The lowest BCUT2D eigenvalue weighted by atomic mass is 10.0. The SMILES string of the molecule is COC[C@@H](NC(=O)OCc1ccccc1)[C@H](O)c1ccc(OC)cc1. The average molecular weight is 345 g/mol. The van der Waals surface area contributed by atoms with Gasteiger partial charge in [-0.25, -0.2) is 4.79 Å². The molecule has 0 aliphatic heterocycles. The Hall–Kier alpha value is -2.57. The van der Waals surface area contributed by atoms with E-state index >= 15 is 0 Å². The number of methoxy groups -OCH3 is 2. The minimum absolute atomic E-state index is 0.146. The molecule has 2 rings (SSSR count). The smallest absolute Gasteiger partial charge is 0.407 e. The molecule has 0 unspecified atom stereocenters. The molecule has 2 atom stereocenters. The Morgan fingerprint density at radius 2 is 1.76 bits per heavy atom. The number of carbonyl (C=O) groups excluding carboxylic acids is 1. The zero-order valence-electron chi connectivity index (χ0n) is 14.3. The fourth-order valence-electron chi connectivity index (χ4n) is 2.34. The van der Waals surface area contributed by atoms with Crippen LogP contribution in [-0.4, -0.2) is 38.1 Å². The van der Waals surface area contributed by atoms with Crippen molar-refractivity contribution in [1.29, 1.82) is 0 Å². The van der Waals surface area contributed by atoms with Crippen molar-refractivity contribution in [2.24, 2.45) is 0 Å². The Kier molecular flexibility index (Phi) is 7.25. The maximum Gasteiger partial charge on any atom is 0.407 e. The minimum Gasteiger partial charge on any atom is -0.497 e. The number of aliphatic hydroxyl groups is 1. The molecule has 0 radical (unpaired) electrons. The Bertz CT molecular complexity index is 645. The molecule has 134 valence electrons. The van der Waals surface area contributed by atoms with Gasteiger partial charge in [-0.15, -0.1) is 0 Å². The second kappa shape index (κ2) is 9.66. The molecule has 6 heteroatoms. The first-order valence-corrected chi connectivity index (χ1v) is 7.92. The van der Waals surface area contributed by atoms with E-state index in [0.29, 0.717) is 11.3 Å². The molecule has 25 heavy (non-hydrogen) atoms. The second-order valence-electron chi connectivity index (χ2n) is 5.49. The van der Waals surface area contributed by atoms with Gasteiger partial charge in [0.2, 0.25) is 0 Å². The molecule has 2 N–H and O–H groups in total. The maximum atomic E-state index is 12.0. The number of nitrogens with one attached hydrogen (secondary N) is 1. The molecule has 0 bridgehead atoms. The van der Waals surface area contributed by atoms with Gasteiger partial charge >= 0.3 is 6.09 Å². The second-order valence-corrected chi connectivity index (χ2v) is 5.49. The third kappa shape index (κ3) is 5.77. The van der Waals surface area contributed by atoms with E-state index in [1.807, 2.05) is 30.3 Å². The lowest BCUT2D eigenvalue weighted by Crippen LogP contribution is -2.42. The largest absolute Gasteiger partial charge is 0.497 e. The van der Waals surface area contributed by atoms with Gasteiger partial charge in [-0.05, 0) is 23.3 Å². The quantitative estimate of drug-likeness (QED) is 0.769. The van der Waals surface area contributed by atoms with Crippen LogP contribution < -0.4 is 10.1 Å². The predicted molar refractivity (Wildman–Crippen MR) is 93.4 cm³/mol. The Morgan fingerprint density at radius 3 is 2.36 bits per heavy atom. The molecule has 0 aliphatic rings. The van der Waals surface area contributed by atoms with Crippen LogP contribution in [0.2, 0.25) is 0 Å². The Labute approximate surface area is 147 Å². The summed E-state index contributed by atoms with van der Waals surface area (Å²) < 4.78 is 15.4. The topological polar surface area (TPSA) is 77.0 Å². The van der Waals surface area contributed by atoms with Crippen LogP contribution in [0, 0.1) is 0 Å². The summed E-state index contributed by atoms with van der Waals surface area (Å²) in [4.78, 5) is 12.0. The number of rotatable bonds is 8. The fourth-order valence-corrected chi connectivity index (χ4v) is 2.34. The van der Waals surface area contributed by atoms with Crippen LogP contribution in [0.15, 0.2) is 54.6 Å². The lowest BCUT2D eigenvalue weighted by molar-refractivity contribution is 0.0611. The van der Waals surface area contributed by atoms with Gasteiger partial charge in [0.1, 0.15) is 18.5 Å². The summed E-state index contributed by atoms with van der Waals surface area (Å²) in [5.74, 6) is 0.689. The monoisotopic (exact) mass is 345 g/mol. The minimum atomic E-state index is -0.935. The van der Waals surface area contributed by atoms with Crippen LogP contribution in [0.1, 0.15) is 17.2 Å². The lowest BCUT2D eigenvalue weighted by Gasteiger charge is -2.23. The number of alkyl carbamates (subject to hydrolysis) is 1. The van der Waals surface area contributed by atoms with E-state index in [9.17, 15) is 9.90 Å². The summed E-state index contributed by atoms with van der Waals surface area (Å²) in [6, 6.07) is 15.7. The molecule has 6 nitrogen and oxygen atoms in total. The third-order valence-corrected chi connectivity index (χ3v) is 3.70. The van der Waals surface area contributed by atoms with Crippen molar-refractivity contribution in [1.82, 2.24) is 5.32 Å². The van der Waals surface area contributed by atoms with Crippen LogP contribution in [0.3, 0.4) is 0 Å². The summed E-state index contributed by atoms with van der Waals surface area (Å²) >= 11 is 0. The van der Waals surface area contributed by atoms with E-state index in [1.54, 1.807) is 31.4 Å². The number of ether oxygens (including phenoxy) is 3. The highest BCUT2D eigenvalue weighted by Crippen LogP contribution is 2.20. The van der Waals surface area contributed by atoms with Crippen LogP contribution in [0.4, 0.5) is 4.79 Å². The van der Waals surface area contributed by atoms with E-state index in [-0.39, 0.29) is 13.2 Å². The van der Waals surface area contributed by atoms with Gasteiger partial charge in [-0.1, -0.05) is 42.5 Å². The molecule has 0 aliphatic carbocycles. The molecule has 0 spiro atoms. The molecule has 2 aromatic carbocycles. The van der Waals surface area contributed by atoms with E-state index in [0.717, 1.165) is 5.56 Å². The number of aliphatic hydroxyl groups excluding tert-OH is 1. The highest BCUT2D eigenvalue weighted by atomic mass is 16.5. The van der Waals surface area contributed by atoms with Crippen LogP contribution in [0.5, 0.6) is 5.75 Å². The standard InChI is InChI=1S/C19H23NO5/c1-23-13-17(18(21)15-8-10-16(24-2)11-9-15)20-19(22)25-12-14-6-4-3-5-7-14/h3-11,17-18,21H,12-13H2,1-2H3,(H,20,22)/t17-,18-/m1/s1. The van der Waals surface area contributed by atoms with Crippen molar-refractivity contribution in [3.05, 3.63) is 65.7 Å². The van der Waals surface area contributed by atoms with Crippen molar-refractivity contribution in [2.45, 2.75) is 18.8 Å². The summed E-state index contributed by atoms with van der Waals surface area (Å²) in [6.45, 7) is 0.304. The van der Waals surface area contributed by atoms with Gasteiger partial charge in [-0.3, -0.25) is 0 Å². The molecule has 1 amide bonds. The van der Waals surface area contributed by atoms with E-state index < -0.39 is 18.2 Å². The molecule has 2 aromatic rings. The Morgan fingerprint density at radius 1 is 1.08 bits per heavy atom. The first-order chi connectivity index (χ1) is 12.1. The fraction of sp³-hybridized carbons (Fsp3) is 0.316. The van der Waals surface area contributed by atoms with E-state index in [2.05, 4.69) is 5.32 Å². The van der Waals surface area contributed by atoms with Crippen LogP contribution in [0.25, 0.3) is 0 Å². The number of hydrogen-bond acceptors (Lipinski definition) is 5. The first kappa shape index (κ1) is 18.8. The third-order valence-electron chi connectivity index (χ3n) is 3.70. The number of amides is 1. The zero-order valence-corrected chi connectivity index (χ0v) is 14.3. The molecule has 0 saturated carbocycles. The van der Waals surface area contributed by atoms with Gasteiger partial charge in [-0.2, -0.15) is 0 Å². The number of carbonyl (C=O) groups is 1. The van der Waals surface area contributed by atoms with Crippen molar-refractivity contribution in [2.75, 3.05) is 20.8 Å². The molecular weight excluding hydrogens is 322 g/mol. The molecule has 0 heterocycles. The van der Waals surface area contributed by atoms with Crippen LogP contribution >= 0.6 is 0 Å². The van der Waals surface area contributed by atoms with E-state index in [1.165, 1.54) is 7.11 Å². The molecular formula is C19H23NO5. The predicted octanol–water partition coefficient (Wildman–Crippen LogP) is 2.67. The number of hydrogen-bond donors (Lipinski definition) is 2. The molecule has 0 aromatic heterocycles. The Balaban J connectivity index is 1.94. The highest BCUT2D eigenvalue weighted by molar-refractivity contribution is 5.67. The maximum absolute atomic E-state index is 12.0. The summed E-state index contributed by atoms with van der Waals surface area (Å²) in [5, 5.41) is 13.2. The summed E-state index contributed by atoms with van der Waals surface area (Å²) in [6.07, 6.45) is -1.55. The van der Waals surface area contributed by atoms with Crippen molar-refractivity contribution >= 4 is 6.09 Å². The van der Waals surface area contributed by atoms with E-state index in [4.69, 9.17) is 14.2 Å². The van der Waals surface area contributed by atoms with Gasteiger partial charge in [0.15, 0.2) is 0 Å². The first-order valence-electron chi connectivity index (χ1n) is 7.92. The average Bonchev–Trinajstić information content (AvgIpc) is 2.66. The highest BCUT2D eigenvalue weighted by Gasteiger charge is 2.23. The van der Waals surface area contributed by atoms with Gasteiger partial charge in [0.05, 0.1) is 19.8 Å². The van der Waals surface area contributed by atoms with Crippen molar-refractivity contribution < 1.29 is 24.1 Å². The summed E-state index contributed by atoms with van der Waals surface area (Å²) in [7, 11) is 3.08. The summed E-state index contributed by atoms with van der Waals surface area (Å²) in [5.41, 5.74) is 1.53.